The first-order chi connectivity index (χ1) is 12.8. The number of aromatic nitrogens is 1. The number of nitrogens with one attached hydrogen (secondary N) is 2. The number of fused-ring (bicyclic) bond motifs is 1. The quantitative estimate of drug-likeness (QED) is 0.611. The summed E-state index contributed by atoms with van der Waals surface area (Å²) in [6.07, 6.45) is 3.07. The lowest BCUT2D eigenvalue weighted by Crippen LogP contribution is -2.37. The largest absolute Gasteiger partial charge is 0.396 e. The molecule has 1 unspecified atom stereocenters. The number of benzene rings is 2. The van der Waals surface area contributed by atoms with E-state index in [-0.39, 0.29) is 18.7 Å². The molecule has 0 aliphatic rings. The van der Waals surface area contributed by atoms with Crippen molar-refractivity contribution in [3.05, 3.63) is 78.1 Å². The molecule has 5 heteroatoms. The number of aliphatic hydroxyl groups excluding tert-OH is 1. The third kappa shape index (κ3) is 4.58. The predicted molar refractivity (Wildman–Crippen MR) is 103 cm³/mol. The summed E-state index contributed by atoms with van der Waals surface area (Å²) in [6, 6.07) is 19.4. The molecule has 0 radical (unpaired) electrons. The van der Waals surface area contributed by atoms with Crippen LogP contribution >= 0.6 is 0 Å². The van der Waals surface area contributed by atoms with Crippen LogP contribution < -0.4 is 10.6 Å². The highest BCUT2D eigenvalue weighted by atomic mass is 16.3. The van der Waals surface area contributed by atoms with Crippen molar-refractivity contribution in [1.29, 1.82) is 0 Å². The number of nitrogens with zero attached hydrogens (tertiary/aromatic N) is 1. The van der Waals surface area contributed by atoms with E-state index in [9.17, 15) is 4.79 Å². The lowest BCUT2D eigenvalue weighted by molar-refractivity contribution is 0.232. The number of aliphatic hydroxyl groups is 1. The molecule has 2 amide bonds. The van der Waals surface area contributed by atoms with Gasteiger partial charge in [-0.15, -0.1) is 0 Å². The van der Waals surface area contributed by atoms with Crippen LogP contribution in [0.2, 0.25) is 0 Å². The van der Waals surface area contributed by atoms with E-state index >= 15 is 0 Å². The Labute approximate surface area is 153 Å². The molecule has 3 aromatic rings. The molecule has 1 heterocycles. The van der Waals surface area contributed by atoms with Gasteiger partial charge < -0.3 is 15.7 Å². The van der Waals surface area contributed by atoms with Gasteiger partial charge in [0.2, 0.25) is 0 Å². The van der Waals surface area contributed by atoms with Gasteiger partial charge in [-0.25, -0.2) is 4.79 Å². The van der Waals surface area contributed by atoms with Crippen molar-refractivity contribution in [2.75, 3.05) is 6.61 Å². The molecule has 0 fully saturated rings. The second-order valence-electron chi connectivity index (χ2n) is 6.13. The Morgan fingerprint density at radius 2 is 1.81 bits per heavy atom. The monoisotopic (exact) mass is 349 g/mol. The molecule has 0 saturated heterocycles. The van der Waals surface area contributed by atoms with E-state index in [1.54, 1.807) is 6.20 Å². The van der Waals surface area contributed by atoms with Gasteiger partial charge in [-0.05, 0) is 29.9 Å². The Morgan fingerprint density at radius 3 is 2.62 bits per heavy atom. The highest BCUT2D eigenvalue weighted by Gasteiger charge is 2.14. The average molecular weight is 349 g/mol. The second-order valence-corrected chi connectivity index (χ2v) is 6.13. The van der Waals surface area contributed by atoms with E-state index in [4.69, 9.17) is 5.11 Å². The molecule has 2 aromatic carbocycles. The number of carbonyl (C=O) groups is 1. The van der Waals surface area contributed by atoms with E-state index in [0.717, 1.165) is 22.0 Å². The van der Waals surface area contributed by atoms with Crippen molar-refractivity contribution in [1.82, 2.24) is 15.6 Å². The molecule has 0 spiro atoms. The fourth-order valence-corrected chi connectivity index (χ4v) is 3.00. The summed E-state index contributed by atoms with van der Waals surface area (Å²) in [5.41, 5.74) is 1.87. The standard InChI is InChI=1S/C21H23N3O2/c25-14-6-11-19(17-8-2-1-3-9-17)24-21(26)23-15-20-18-10-5-4-7-16(18)12-13-22-20/h1-5,7-10,12-13,19,25H,6,11,14-15H2,(H2,23,24,26). The number of rotatable bonds is 7. The van der Waals surface area contributed by atoms with Crippen LogP contribution in [-0.2, 0) is 6.54 Å². The summed E-state index contributed by atoms with van der Waals surface area (Å²) in [4.78, 5) is 16.8. The molecule has 134 valence electrons. The van der Waals surface area contributed by atoms with Crippen LogP contribution in [0, 0.1) is 0 Å². The zero-order valence-electron chi connectivity index (χ0n) is 14.6. The van der Waals surface area contributed by atoms with Crippen molar-refractivity contribution in [3.63, 3.8) is 0 Å². The topological polar surface area (TPSA) is 74.2 Å². The number of urea groups is 1. The Bertz CT molecular complexity index is 847. The van der Waals surface area contributed by atoms with Gasteiger partial charge in [0, 0.05) is 18.2 Å². The Morgan fingerprint density at radius 1 is 1.04 bits per heavy atom. The van der Waals surface area contributed by atoms with Gasteiger partial charge in [0.25, 0.3) is 0 Å². The third-order valence-corrected chi connectivity index (χ3v) is 4.33. The summed E-state index contributed by atoms with van der Waals surface area (Å²) in [7, 11) is 0. The second kappa shape index (κ2) is 8.97. The lowest BCUT2D eigenvalue weighted by Gasteiger charge is -2.19. The van der Waals surface area contributed by atoms with Gasteiger partial charge >= 0.3 is 6.03 Å². The van der Waals surface area contributed by atoms with Crippen LogP contribution in [0.5, 0.6) is 0 Å². The SMILES string of the molecule is O=C(NCc1nccc2ccccc12)NC(CCCO)c1ccccc1. The molecular weight excluding hydrogens is 326 g/mol. The van der Waals surface area contributed by atoms with Crippen LogP contribution in [-0.4, -0.2) is 22.7 Å². The average Bonchev–Trinajstić information content (AvgIpc) is 2.70. The minimum Gasteiger partial charge on any atom is -0.396 e. The molecule has 0 aliphatic carbocycles. The van der Waals surface area contributed by atoms with Crippen molar-refractivity contribution >= 4 is 16.8 Å². The first-order valence-electron chi connectivity index (χ1n) is 8.80. The van der Waals surface area contributed by atoms with E-state index in [2.05, 4.69) is 15.6 Å². The smallest absolute Gasteiger partial charge is 0.315 e. The van der Waals surface area contributed by atoms with Gasteiger partial charge in [0.15, 0.2) is 0 Å². The van der Waals surface area contributed by atoms with Gasteiger partial charge in [0.1, 0.15) is 0 Å². The van der Waals surface area contributed by atoms with Crippen LogP contribution in [0.3, 0.4) is 0 Å². The van der Waals surface area contributed by atoms with Crippen LogP contribution in [0.1, 0.15) is 30.1 Å². The van der Waals surface area contributed by atoms with Crippen molar-refractivity contribution in [2.45, 2.75) is 25.4 Å². The molecule has 3 rings (SSSR count). The molecule has 26 heavy (non-hydrogen) atoms. The fourth-order valence-electron chi connectivity index (χ4n) is 3.00. The van der Waals surface area contributed by atoms with Crippen molar-refractivity contribution in [3.8, 4) is 0 Å². The van der Waals surface area contributed by atoms with E-state index in [1.165, 1.54) is 0 Å². The number of pyridine rings is 1. The Kier molecular flexibility index (Phi) is 6.17. The normalized spacial score (nSPS) is 11.9. The van der Waals surface area contributed by atoms with Crippen LogP contribution in [0.25, 0.3) is 10.8 Å². The number of hydrogen-bond acceptors (Lipinski definition) is 3. The molecule has 3 N–H and O–H groups in total. The van der Waals surface area contributed by atoms with Gasteiger partial charge in [-0.2, -0.15) is 0 Å². The third-order valence-electron chi connectivity index (χ3n) is 4.33. The first kappa shape index (κ1) is 17.9. The molecule has 0 bridgehead atoms. The lowest BCUT2D eigenvalue weighted by atomic mass is 10.0. The zero-order chi connectivity index (χ0) is 18.2. The Hall–Kier alpha value is -2.92. The van der Waals surface area contributed by atoms with Gasteiger partial charge in [-0.3, -0.25) is 4.98 Å². The van der Waals surface area contributed by atoms with E-state index in [0.29, 0.717) is 19.4 Å². The first-order valence-corrected chi connectivity index (χ1v) is 8.80. The molecule has 5 nitrogen and oxygen atoms in total. The Balaban J connectivity index is 1.64. The predicted octanol–water partition coefficient (Wildman–Crippen LogP) is 3.55. The highest BCUT2D eigenvalue weighted by Crippen LogP contribution is 2.18. The van der Waals surface area contributed by atoms with E-state index in [1.807, 2.05) is 60.7 Å². The number of hydrogen-bond donors (Lipinski definition) is 3. The minimum absolute atomic E-state index is 0.104. The maximum absolute atomic E-state index is 12.4. The maximum atomic E-state index is 12.4. The molecule has 0 aliphatic heterocycles. The molecule has 1 aromatic heterocycles. The summed E-state index contributed by atoms with van der Waals surface area (Å²) in [6.45, 7) is 0.460. The molecular formula is C21H23N3O2. The summed E-state index contributed by atoms with van der Waals surface area (Å²) in [5.74, 6) is 0. The van der Waals surface area contributed by atoms with Gasteiger partial charge in [0.05, 0.1) is 18.3 Å². The zero-order valence-corrected chi connectivity index (χ0v) is 14.6. The minimum atomic E-state index is -0.244. The van der Waals surface area contributed by atoms with Crippen LogP contribution in [0.4, 0.5) is 4.79 Å². The number of carbonyl (C=O) groups excluding carboxylic acids is 1. The summed E-state index contributed by atoms with van der Waals surface area (Å²) < 4.78 is 0. The summed E-state index contributed by atoms with van der Waals surface area (Å²) in [5, 5.41) is 17.1. The fraction of sp³-hybridized carbons (Fsp3) is 0.238. The highest BCUT2D eigenvalue weighted by molar-refractivity contribution is 5.84. The van der Waals surface area contributed by atoms with Gasteiger partial charge in [-0.1, -0.05) is 54.6 Å². The van der Waals surface area contributed by atoms with Crippen molar-refractivity contribution < 1.29 is 9.90 Å². The van der Waals surface area contributed by atoms with Crippen molar-refractivity contribution in [2.24, 2.45) is 0 Å². The van der Waals surface area contributed by atoms with Crippen LogP contribution in [0.15, 0.2) is 66.9 Å². The molecule has 1 atom stereocenters. The van der Waals surface area contributed by atoms with E-state index < -0.39 is 0 Å². The summed E-state index contributed by atoms with van der Waals surface area (Å²) >= 11 is 0. The maximum Gasteiger partial charge on any atom is 0.315 e. The number of amides is 2. The molecule has 0 saturated carbocycles.